The molecule has 5 nitrogen and oxygen atoms in total. The largest absolute Gasteiger partial charge is 0.462 e. The second-order valence-corrected chi connectivity index (χ2v) is 3.79. The summed E-state index contributed by atoms with van der Waals surface area (Å²) in [4.78, 5) is 15.3. The summed E-state index contributed by atoms with van der Waals surface area (Å²) >= 11 is 3.88. The molecule has 0 aromatic carbocycles. The van der Waals surface area contributed by atoms with Gasteiger partial charge in [-0.1, -0.05) is 0 Å². The molecule has 1 aromatic heterocycles. The zero-order valence-corrected chi connectivity index (χ0v) is 10.3. The highest BCUT2D eigenvalue weighted by Gasteiger charge is 2.18. The molecule has 0 saturated carbocycles. The van der Waals surface area contributed by atoms with Crippen LogP contribution >= 0.6 is 12.6 Å². The molecule has 0 radical (unpaired) electrons. The highest BCUT2D eigenvalue weighted by molar-refractivity contribution is 7.80. The Hall–Kier alpha value is -1.11. The third kappa shape index (κ3) is 3.69. The predicted molar refractivity (Wildman–Crippen MR) is 65.0 cm³/mol. The number of thiol groups is 1. The van der Waals surface area contributed by atoms with Gasteiger partial charge in [0.1, 0.15) is 6.10 Å². The Morgan fingerprint density at radius 3 is 2.82 bits per heavy atom. The third-order valence-corrected chi connectivity index (χ3v) is 2.54. The summed E-state index contributed by atoms with van der Waals surface area (Å²) < 4.78 is 4.81. The second kappa shape index (κ2) is 6.58. The molecule has 0 saturated heterocycles. The van der Waals surface area contributed by atoms with Crippen LogP contribution in [0, 0.1) is 0 Å². The molecule has 1 aromatic rings. The van der Waals surface area contributed by atoms with Gasteiger partial charge in [0.05, 0.1) is 18.3 Å². The molecular formula is C11H15NO4S. The van der Waals surface area contributed by atoms with Crippen molar-refractivity contribution in [2.75, 3.05) is 12.4 Å². The third-order valence-electron chi connectivity index (χ3n) is 2.16. The minimum atomic E-state index is -1.12. The van der Waals surface area contributed by atoms with E-state index in [1.165, 1.54) is 18.5 Å². The first-order valence-corrected chi connectivity index (χ1v) is 5.82. The molecule has 94 valence electrons. The minimum absolute atomic E-state index is 0.116. The number of carbonyl (C=O) groups excluding carboxylic acids is 1. The van der Waals surface area contributed by atoms with E-state index in [4.69, 9.17) is 4.74 Å². The first-order chi connectivity index (χ1) is 8.10. The number of ether oxygens (including phenoxy) is 1. The Morgan fingerprint density at radius 2 is 2.24 bits per heavy atom. The van der Waals surface area contributed by atoms with Crippen molar-refractivity contribution in [1.82, 2.24) is 4.98 Å². The molecule has 0 aliphatic carbocycles. The molecule has 0 spiro atoms. The number of rotatable bonds is 5. The first kappa shape index (κ1) is 14.0. The molecule has 2 N–H and O–H groups in total. The van der Waals surface area contributed by atoms with Crippen molar-refractivity contribution in [3.05, 3.63) is 29.6 Å². The fourth-order valence-electron chi connectivity index (χ4n) is 1.27. The fourth-order valence-corrected chi connectivity index (χ4v) is 1.47. The normalized spacial score (nSPS) is 14.1. The van der Waals surface area contributed by atoms with Crippen molar-refractivity contribution in [1.29, 1.82) is 0 Å². The van der Waals surface area contributed by atoms with Gasteiger partial charge in [0.15, 0.2) is 0 Å². The summed E-state index contributed by atoms with van der Waals surface area (Å²) in [6.07, 6.45) is 0.619. The van der Waals surface area contributed by atoms with Gasteiger partial charge in [-0.15, -0.1) is 0 Å². The Kier molecular flexibility index (Phi) is 5.40. The van der Waals surface area contributed by atoms with E-state index >= 15 is 0 Å². The number of aromatic nitrogens is 1. The molecule has 6 heteroatoms. The van der Waals surface area contributed by atoms with Gasteiger partial charge >= 0.3 is 5.97 Å². The number of carbonyl (C=O) groups is 1. The van der Waals surface area contributed by atoms with Crippen LogP contribution in [0.25, 0.3) is 0 Å². The van der Waals surface area contributed by atoms with Crippen molar-refractivity contribution in [2.24, 2.45) is 0 Å². The van der Waals surface area contributed by atoms with Gasteiger partial charge in [0.25, 0.3) is 0 Å². The molecule has 17 heavy (non-hydrogen) atoms. The van der Waals surface area contributed by atoms with E-state index in [1.54, 1.807) is 6.92 Å². The molecule has 2 atom stereocenters. The number of hydrogen-bond acceptors (Lipinski definition) is 6. The van der Waals surface area contributed by atoms with Crippen LogP contribution in [0.1, 0.15) is 28.9 Å². The Labute approximate surface area is 105 Å². The maximum atomic E-state index is 11.4. The van der Waals surface area contributed by atoms with Crippen molar-refractivity contribution < 1.29 is 19.7 Å². The number of aliphatic hydroxyl groups excluding tert-OH is 2. The Bertz CT molecular complexity index is 385. The number of esters is 1. The quantitative estimate of drug-likeness (QED) is 0.531. The van der Waals surface area contributed by atoms with Gasteiger partial charge < -0.3 is 14.9 Å². The van der Waals surface area contributed by atoms with E-state index in [9.17, 15) is 15.0 Å². The Balaban J connectivity index is 2.89. The molecule has 0 fully saturated rings. The average Bonchev–Trinajstić information content (AvgIpc) is 2.37. The summed E-state index contributed by atoms with van der Waals surface area (Å²) in [5.74, 6) is -0.389. The zero-order chi connectivity index (χ0) is 12.8. The number of aliphatic hydroxyl groups is 2. The second-order valence-electron chi connectivity index (χ2n) is 3.42. The van der Waals surface area contributed by atoms with E-state index < -0.39 is 18.2 Å². The average molecular weight is 257 g/mol. The maximum absolute atomic E-state index is 11.4. The van der Waals surface area contributed by atoms with Gasteiger partial charge in [0.2, 0.25) is 0 Å². The summed E-state index contributed by atoms with van der Waals surface area (Å²) in [6.45, 7) is 1.97. The SMILES string of the molecule is CCOC(=O)c1cncc(C(O)C(O)CS)c1. The fraction of sp³-hybridized carbons (Fsp3) is 0.455. The topological polar surface area (TPSA) is 79.7 Å². The smallest absolute Gasteiger partial charge is 0.339 e. The van der Waals surface area contributed by atoms with Gasteiger partial charge in [-0.3, -0.25) is 4.98 Å². The van der Waals surface area contributed by atoms with Gasteiger partial charge in [0, 0.05) is 23.7 Å². The van der Waals surface area contributed by atoms with Crippen molar-refractivity contribution in [3.8, 4) is 0 Å². The number of nitrogens with zero attached hydrogens (tertiary/aromatic N) is 1. The lowest BCUT2D eigenvalue weighted by Crippen LogP contribution is -2.20. The number of hydrogen-bond donors (Lipinski definition) is 3. The van der Waals surface area contributed by atoms with E-state index in [0.29, 0.717) is 5.56 Å². The molecule has 0 bridgehead atoms. The lowest BCUT2D eigenvalue weighted by Gasteiger charge is -2.16. The minimum Gasteiger partial charge on any atom is -0.462 e. The molecular weight excluding hydrogens is 242 g/mol. The van der Waals surface area contributed by atoms with Crippen LogP contribution < -0.4 is 0 Å². The molecule has 1 rings (SSSR count). The van der Waals surface area contributed by atoms with Crippen LogP contribution in [0.4, 0.5) is 0 Å². The molecule has 2 unspecified atom stereocenters. The van der Waals surface area contributed by atoms with E-state index in [-0.39, 0.29) is 17.9 Å². The van der Waals surface area contributed by atoms with Crippen LogP contribution in [-0.2, 0) is 4.74 Å². The van der Waals surface area contributed by atoms with Crippen LogP contribution in [0.3, 0.4) is 0 Å². The summed E-state index contributed by atoms with van der Waals surface area (Å²) in [5.41, 5.74) is 0.604. The summed E-state index contributed by atoms with van der Waals surface area (Å²) in [6, 6.07) is 1.45. The molecule has 0 aliphatic rings. The van der Waals surface area contributed by atoms with Crippen LogP contribution in [0.5, 0.6) is 0 Å². The lowest BCUT2D eigenvalue weighted by atomic mass is 10.1. The van der Waals surface area contributed by atoms with E-state index in [0.717, 1.165) is 0 Å². The van der Waals surface area contributed by atoms with Crippen LogP contribution in [0.2, 0.25) is 0 Å². The summed E-state index contributed by atoms with van der Waals surface area (Å²) in [5, 5.41) is 19.2. The molecule has 0 amide bonds. The molecule has 0 aliphatic heterocycles. The first-order valence-electron chi connectivity index (χ1n) is 5.19. The van der Waals surface area contributed by atoms with Crippen molar-refractivity contribution in [3.63, 3.8) is 0 Å². The monoisotopic (exact) mass is 257 g/mol. The lowest BCUT2D eigenvalue weighted by molar-refractivity contribution is 0.0333. The predicted octanol–water partition coefficient (Wildman–Crippen LogP) is 0.582. The van der Waals surface area contributed by atoms with E-state index in [2.05, 4.69) is 17.6 Å². The van der Waals surface area contributed by atoms with Crippen molar-refractivity contribution in [2.45, 2.75) is 19.1 Å². The standard InChI is InChI=1S/C11H15NO4S/c1-2-16-11(15)8-3-7(4-12-5-8)10(14)9(13)6-17/h3-5,9-10,13-14,17H,2,6H2,1H3. The number of pyridine rings is 1. The highest BCUT2D eigenvalue weighted by atomic mass is 32.1. The van der Waals surface area contributed by atoms with Crippen LogP contribution in [0.15, 0.2) is 18.5 Å². The maximum Gasteiger partial charge on any atom is 0.339 e. The zero-order valence-electron chi connectivity index (χ0n) is 9.41. The van der Waals surface area contributed by atoms with Crippen LogP contribution in [-0.4, -0.2) is 39.6 Å². The highest BCUT2D eigenvalue weighted by Crippen LogP contribution is 2.18. The summed E-state index contributed by atoms with van der Waals surface area (Å²) in [7, 11) is 0. The Morgan fingerprint density at radius 1 is 1.53 bits per heavy atom. The van der Waals surface area contributed by atoms with Gasteiger partial charge in [-0.05, 0) is 13.0 Å². The molecule has 1 heterocycles. The van der Waals surface area contributed by atoms with Gasteiger partial charge in [-0.25, -0.2) is 4.79 Å². The van der Waals surface area contributed by atoms with Gasteiger partial charge in [-0.2, -0.15) is 12.6 Å². The van der Waals surface area contributed by atoms with E-state index in [1.807, 2.05) is 0 Å². The van der Waals surface area contributed by atoms with Crippen molar-refractivity contribution >= 4 is 18.6 Å².